The van der Waals surface area contributed by atoms with Gasteiger partial charge in [0.05, 0.1) is 0 Å². The van der Waals surface area contributed by atoms with Crippen molar-refractivity contribution >= 4 is 17.5 Å². The van der Waals surface area contributed by atoms with Crippen molar-refractivity contribution in [1.29, 1.82) is 0 Å². The minimum absolute atomic E-state index is 0.00739. The summed E-state index contributed by atoms with van der Waals surface area (Å²) in [7, 11) is 0. The number of halogens is 1. The fourth-order valence-electron chi connectivity index (χ4n) is 1.78. The van der Waals surface area contributed by atoms with E-state index < -0.39 is 0 Å². The molecule has 0 heterocycles. The molecule has 0 atom stereocenters. The maximum absolute atomic E-state index is 11.0. The number of hydrogen-bond donors (Lipinski definition) is 1. The molecule has 112 valence electrons. The van der Waals surface area contributed by atoms with E-state index in [1.54, 1.807) is 0 Å². The Morgan fingerprint density at radius 3 is 2.45 bits per heavy atom. The molecule has 0 aliphatic heterocycles. The van der Waals surface area contributed by atoms with Crippen LogP contribution in [0.15, 0.2) is 24.3 Å². The Bertz CT molecular complexity index is 391. The maximum atomic E-state index is 11.0. The molecule has 1 aromatic carbocycles. The van der Waals surface area contributed by atoms with Gasteiger partial charge in [0.15, 0.2) is 0 Å². The Labute approximate surface area is 126 Å². The monoisotopic (exact) mass is 298 g/mol. The summed E-state index contributed by atoms with van der Waals surface area (Å²) in [5, 5.41) is 2.72. The first kappa shape index (κ1) is 16.8. The van der Waals surface area contributed by atoms with Crippen LogP contribution < -0.4 is 10.1 Å². The molecule has 0 saturated heterocycles. The van der Waals surface area contributed by atoms with Crippen LogP contribution in [0.3, 0.4) is 0 Å². The number of alkyl halides is 1. The van der Waals surface area contributed by atoms with Crippen LogP contribution in [-0.2, 0) is 11.3 Å². The highest BCUT2D eigenvalue weighted by Gasteiger charge is 2.01. The number of benzene rings is 1. The summed E-state index contributed by atoms with van der Waals surface area (Å²) in [5.74, 6) is 0.683. The van der Waals surface area contributed by atoms with Crippen molar-refractivity contribution in [2.24, 2.45) is 0 Å². The van der Waals surface area contributed by atoms with Crippen molar-refractivity contribution in [2.45, 2.75) is 20.4 Å². The van der Waals surface area contributed by atoms with E-state index in [4.69, 9.17) is 16.3 Å². The minimum Gasteiger partial charge on any atom is -0.492 e. The summed E-state index contributed by atoms with van der Waals surface area (Å²) in [4.78, 5) is 13.4. The molecule has 1 rings (SSSR count). The van der Waals surface area contributed by atoms with Crippen LogP contribution in [0.25, 0.3) is 0 Å². The van der Waals surface area contributed by atoms with Crippen LogP contribution >= 0.6 is 11.6 Å². The van der Waals surface area contributed by atoms with Gasteiger partial charge in [-0.05, 0) is 30.8 Å². The molecule has 20 heavy (non-hydrogen) atoms. The van der Waals surface area contributed by atoms with Gasteiger partial charge in [0, 0.05) is 13.1 Å². The molecule has 0 aromatic heterocycles. The summed E-state index contributed by atoms with van der Waals surface area (Å²) >= 11 is 5.41. The third-order valence-electron chi connectivity index (χ3n) is 3.11. The third kappa shape index (κ3) is 6.26. The van der Waals surface area contributed by atoms with E-state index in [2.05, 4.69) is 24.1 Å². The fourth-order valence-corrected chi connectivity index (χ4v) is 1.88. The fraction of sp³-hybridized carbons (Fsp3) is 0.533. The molecule has 0 aliphatic rings. The summed E-state index contributed by atoms with van der Waals surface area (Å²) in [6.07, 6.45) is 0. The molecular weight excluding hydrogens is 276 g/mol. The molecule has 0 aliphatic carbocycles. The first-order chi connectivity index (χ1) is 9.69. The van der Waals surface area contributed by atoms with Crippen molar-refractivity contribution in [3.8, 4) is 5.75 Å². The summed E-state index contributed by atoms with van der Waals surface area (Å²) in [5.41, 5.74) is 1.03. The Balaban J connectivity index is 2.33. The van der Waals surface area contributed by atoms with Crippen molar-refractivity contribution in [3.05, 3.63) is 29.8 Å². The Morgan fingerprint density at radius 1 is 1.25 bits per heavy atom. The first-order valence-corrected chi connectivity index (χ1v) is 7.49. The van der Waals surface area contributed by atoms with Crippen LogP contribution in [0.5, 0.6) is 5.75 Å². The van der Waals surface area contributed by atoms with Crippen molar-refractivity contribution in [2.75, 3.05) is 32.1 Å². The number of likely N-dealkylation sites (N-methyl/N-ethyl adjacent to an activating group) is 1. The van der Waals surface area contributed by atoms with E-state index in [0.717, 1.165) is 30.9 Å². The second-order valence-corrected chi connectivity index (χ2v) is 4.70. The maximum Gasteiger partial charge on any atom is 0.235 e. The van der Waals surface area contributed by atoms with Gasteiger partial charge in [0.25, 0.3) is 0 Å². The topological polar surface area (TPSA) is 41.6 Å². The summed E-state index contributed by atoms with van der Waals surface area (Å²) in [6, 6.07) is 7.73. The van der Waals surface area contributed by atoms with Crippen molar-refractivity contribution in [3.63, 3.8) is 0 Å². The van der Waals surface area contributed by atoms with Gasteiger partial charge < -0.3 is 15.0 Å². The predicted molar refractivity (Wildman–Crippen MR) is 82.3 cm³/mol. The Hall–Kier alpha value is -1.26. The van der Waals surface area contributed by atoms with Crippen LogP contribution in [0.2, 0.25) is 0 Å². The smallest absolute Gasteiger partial charge is 0.235 e. The van der Waals surface area contributed by atoms with E-state index in [0.29, 0.717) is 13.2 Å². The van der Waals surface area contributed by atoms with E-state index in [1.165, 1.54) is 0 Å². The standard InChI is InChI=1S/C15H23ClN2O2/c1-3-18(4-2)9-10-20-14-7-5-13(6-8-14)12-17-15(19)11-16/h5-8H,3-4,9-12H2,1-2H3,(H,17,19). The molecule has 1 amide bonds. The molecule has 0 spiro atoms. The molecule has 0 bridgehead atoms. The first-order valence-electron chi connectivity index (χ1n) is 6.96. The van der Waals surface area contributed by atoms with Gasteiger partial charge in [-0.1, -0.05) is 26.0 Å². The van der Waals surface area contributed by atoms with Crippen LogP contribution in [0.4, 0.5) is 0 Å². The number of amides is 1. The zero-order valence-corrected chi connectivity index (χ0v) is 12.9. The number of hydrogen-bond acceptors (Lipinski definition) is 3. The van der Waals surface area contributed by atoms with Crippen LogP contribution in [0, 0.1) is 0 Å². The predicted octanol–water partition coefficient (Wildman–Crippen LogP) is 2.26. The van der Waals surface area contributed by atoms with E-state index in [-0.39, 0.29) is 11.8 Å². The molecule has 1 N–H and O–H groups in total. The minimum atomic E-state index is -0.161. The van der Waals surface area contributed by atoms with Crippen LogP contribution in [-0.4, -0.2) is 42.9 Å². The lowest BCUT2D eigenvalue weighted by Crippen LogP contribution is -2.27. The highest BCUT2D eigenvalue weighted by atomic mass is 35.5. The van der Waals surface area contributed by atoms with Gasteiger partial charge in [-0.3, -0.25) is 4.79 Å². The van der Waals surface area contributed by atoms with Gasteiger partial charge in [-0.25, -0.2) is 0 Å². The average Bonchev–Trinajstić information content (AvgIpc) is 2.50. The normalized spacial score (nSPS) is 10.6. The zero-order valence-electron chi connectivity index (χ0n) is 12.2. The lowest BCUT2D eigenvalue weighted by Gasteiger charge is -2.18. The second-order valence-electron chi connectivity index (χ2n) is 4.43. The largest absolute Gasteiger partial charge is 0.492 e. The zero-order chi connectivity index (χ0) is 14.8. The highest BCUT2D eigenvalue weighted by molar-refractivity contribution is 6.27. The number of nitrogens with zero attached hydrogens (tertiary/aromatic N) is 1. The Kier molecular flexibility index (Phi) is 8.07. The molecule has 4 nitrogen and oxygen atoms in total. The second kappa shape index (κ2) is 9.61. The number of nitrogens with one attached hydrogen (secondary N) is 1. The molecule has 0 radical (unpaired) electrons. The quantitative estimate of drug-likeness (QED) is 0.711. The number of carbonyl (C=O) groups excluding carboxylic acids is 1. The van der Waals surface area contributed by atoms with Crippen molar-refractivity contribution < 1.29 is 9.53 Å². The number of rotatable bonds is 9. The highest BCUT2D eigenvalue weighted by Crippen LogP contribution is 2.12. The lowest BCUT2D eigenvalue weighted by molar-refractivity contribution is -0.118. The lowest BCUT2D eigenvalue weighted by atomic mass is 10.2. The van der Waals surface area contributed by atoms with Crippen LogP contribution in [0.1, 0.15) is 19.4 Å². The molecule has 0 saturated carbocycles. The van der Waals surface area contributed by atoms with E-state index >= 15 is 0 Å². The molecule has 0 unspecified atom stereocenters. The molecular formula is C15H23ClN2O2. The number of carbonyl (C=O) groups is 1. The summed E-state index contributed by atoms with van der Waals surface area (Å²) < 4.78 is 5.69. The SMILES string of the molecule is CCN(CC)CCOc1ccc(CNC(=O)CCl)cc1. The number of ether oxygens (including phenoxy) is 1. The van der Waals surface area contributed by atoms with Gasteiger partial charge in [-0.2, -0.15) is 0 Å². The van der Waals surface area contributed by atoms with Gasteiger partial charge in [0.2, 0.25) is 5.91 Å². The molecule has 5 heteroatoms. The van der Waals surface area contributed by atoms with Gasteiger partial charge in [0.1, 0.15) is 18.2 Å². The average molecular weight is 299 g/mol. The van der Waals surface area contributed by atoms with Crippen molar-refractivity contribution in [1.82, 2.24) is 10.2 Å². The molecule has 0 fully saturated rings. The Morgan fingerprint density at radius 2 is 1.90 bits per heavy atom. The molecule has 1 aromatic rings. The van der Waals surface area contributed by atoms with E-state index in [1.807, 2.05) is 24.3 Å². The van der Waals surface area contributed by atoms with E-state index in [9.17, 15) is 4.79 Å². The van der Waals surface area contributed by atoms with Gasteiger partial charge >= 0.3 is 0 Å². The van der Waals surface area contributed by atoms with Gasteiger partial charge in [-0.15, -0.1) is 11.6 Å². The summed E-state index contributed by atoms with van der Waals surface area (Å²) in [6.45, 7) is 8.48. The third-order valence-corrected chi connectivity index (χ3v) is 3.35.